The van der Waals surface area contributed by atoms with Crippen molar-refractivity contribution in [2.75, 3.05) is 6.67 Å². The number of halogens is 3. The van der Waals surface area contributed by atoms with Gasteiger partial charge in [-0.3, -0.25) is 19.1 Å². The fourth-order valence-electron chi connectivity index (χ4n) is 3.47. The summed E-state index contributed by atoms with van der Waals surface area (Å²) < 4.78 is 40.0. The first-order valence-electron chi connectivity index (χ1n) is 10.1. The molecule has 2 aromatic rings. The molecule has 0 fully saturated rings. The van der Waals surface area contributed by atoms with Crippen molar-refractivity contribution in [1.29, 1.82) is 0 Å². The molecule has 0 saturated heterocycles. The van der Waals surface area contributed by atoms with Crippen molar-refractivity contribution in [3.05, 3.63) is 64.9 Å². The van der Waals surface area contributed by atoms with Crippen LogP contribution in [-0.4, -0.2) is 45.0 Å². The van der Waals surface area contributed by atoms with E-state index in [1.807, 2.05) is 0 Å². The molecule has 0 aliphatic carbocycles. The van der Waals surface area contributed by atoms with Gasteiger partial charge in [-0.2, -0.15) is 18.3 Å². The van der Waals surface area contributed by atoms with Crippen molar-refractivity contribution in [2.24, 2.45) is 5.73 Å². The highest BCUT2D eigenvalue weighted by Gasteiger charge is 2.34. The molecule has 4 N–H and O–H groups in total. The summed E-state index contributed by atoms with van der Waals surface area (Å²) >= 11 is 0. The number of nitrogens with one attached hydrogen (secondary N) is 2. The lowest BCUT2D eigenvalue weighted by atomic mass is 10.1. The molecular formula is C21H23F3N6O3. The van der Waals surface area contributed by atoms with Gasteiger partial charge in [0.1, 0.15) is 11.5 Å². The van der Waals surface area contributed by atoms with Crippen LogP contribution < -0.4 is 16.4 Å². The number of nitrogens with two attached hydrogens (primary N) is 1. The van der Waals surface area contributed by atoms with E-state index in [0.717, 1.165) is 12.1 Å². The average molecular weight is 464 g/mol. The zero-order chi connectivity index (χ0) is 24.3. The van der Waals surface area contributed by atoms with Gasteiger partial charge in [0.15, 0.2) is 11.5 Å². The molecule has 176 valence electrons. The monoisotopic (exact) mass is 464 g/mol. The Morgan fingerprint density at radius 2 is 2.03 bits per heavy atom. The van der Waals surface area contributed by atoms with Gasteiger partial charge in [0, 0.05) is 6.20 Å². The molecule has 2 heterocycles. The maximum Gasteiger partial charge on any atom is 0.416 e. The summed E-state index contributed by atoms with van der Waals surface area (Å²) in [5.74, 6) is -1.59. The molecule has 1 aromatic heterocycles. The van der Waals surface area contributed by atoms with Crippen LogP contribution in [0.4, 0.5) is 13.2 Å². The predicted octanol–water partition coefficient (Wildman–Crippen LogP) is 1.56. The van der Waals surface area contributed by atoms with E-state index in [0.29, 0.717) is 12.0 Å². The smallest absolute Gasteiger partial charge is 0.384 e. The second-order valence-corrected chi connectivity index (χ2v) is 7.48. The number of rotatable bonds is 7. The molecule has 1 unspecified atom stereocenters. The van der Waals surface area contributed by atoms with Crippen molar-refractivity contribution in [2.45, 2.75) is 39.0 Å². The standard InChI is InChI=1S/C21H23F3N6O3/c1-3-16(12(2)31)30-11-26-18(25)17(20(30)33)27-19(32)15-7-8-29(28-15)10-13-5-4-6-14(9-13)21(22,23)24/h4-9,16,26H,3,10-11,25H2,1-2H3,(H,27,32). The van der Waals surface area contributed by atoms with E-state index in [-0.39, 0.29) is 36.2 Å². The maximum absolute atomic E-state index is 12.9. The number of aromatic nitrogens is 2. The number of amides is 2. The Hall–Kier alpha value is -3.83. The summed E-state index contributed by atoms with van der Waals surface area (Å²) in [6, 6.07) is 5.48. The second-order valence-electron chi connectivity index (χ2n) is 7.48. The van der Waals surface area contributed by atoms with Crippen molar-refractivity contribution in [3.8, 4) is 0 Å². The van der Waals surface area contributed by atoms with Gasteiger partial charge in [0.25, 0.3) is 11.8 Å². The van der Waals surface area contributed by atoms with Crippen molar-refractivity contribution in [3.63, 3.8) is 0 Å². The van der Waals surface area contributed by atoms with E-state index in [1.54, 1.807) is 6.92 Å². The van der Waals surface area contributed by atoms with Crippen molar-refractivity contribution >= 4 is 17.6 Å². The van der Waals surface area contributed by atoms with E-state index in [1.165, 1.54) is 40.9 Å². The van der Waals surface area contributed by atoms with Crippen LogP contribution in [0.25, 0.3) is 0 Å². The van der Waals surface area contributed by atoms with Gasteiger partial charge in [0.2, 0.25) is 0 Å². The molecule has 9 nitrogen and oxygen atoms in total. The molecule has 1 atom stereocenters. The first-order valence-corrected chi connectivity index (χ1v) is 10.1. The number of hydrogen-bond acceptors (Lipinski definition) is 6. The SMILES string of the molecule is CCC(C(C)=O)N1CNC(N)=C(NC(=O)c2ccn(Cc3cccc(C(F)(F)F)c3)n2)C1=O. The number of alkyl halides is 3. The molecule has 12 heteroatoms. The van der Waals surface area contributed by atoms with Gasteiger partial charge in [-0.05, 0) is 37.1 Å². The van der Waals surface area contributed by atoms with E-state index >= 15 is 0 Å². The first-order chi connectivity index (χ1) is 15.5. The number of carbonyl (C=O) groups excluding carboxylic acids is 3. The Labute approximate surface area is 187 Å². The Balaban J connectivity index is 1.73. The van der Waals surface area contributed by atoms with E-state index in [4.69, 9.17) is 5.73 Å². The summed E-state index contributed by atoms with van der Waals surface area (Å²) in [6.45, 7) is 3.16. The molecule has 0 bridgehead atoms. The molecule has 33 heavy (non-hydrogen) atoms. The Kier molecular flexibility index (Phi) is 6.75. The summed E-state index contributed by atoms with van der Waals surface area (Å²) in [7, 11) is 0. The molecule has 1 aliphatic heterocycles. The lowest BCUT2D eigenvalue weighted by Crippen LogP contribution is -2.56. The van der Waals surface area contributed by atoms with Crippen LogP contribution in [0.2, 0.25) is 0 Å². The molecule has 0 spiro atoms. The minimum absolute atomic E-state index is 0.00703. The number of carbonyl (C=O) groups is 3. The highest BCUT2D eigenvalue weighted by Crippen LogP contribution is 2.29. The van der Waals surface area contributed by atoms with Gasteiger partial charge in [-0.1, -0.05) is 19.1 Å². The minimum Gasteiger partial charge on any atom is -0.384 e. The largest absolute Gasteiger partial charge is 0.416 e. The highest BCUT2D eigenvalue weighted by molar-refractivity contribution is 6.04. The van der Waals surface area contributed by atoms with Gasteiger partial charge < -0.3 is 21.3 Å². The molecule has 1 aromatic carbocycles. The molecular weight excluding hydrogens is 441 g/mol. The van der Waals surface area contributed by atoms with Crippen LogP contribution in [0.15, 0.2) is 48.0 Å². The lowest BCUT2D eigenvalue weighted by molar-refractivity contribution is -0.137. The summed E-state index contributed by atoms with van der Waals surface area (Å²) in [5, 5.41) is 9.26. The third kappa shape index (κ3) is 5.33. The normalized spacial score (nSPS) is 15.3. The lowest BCUT2D eigenvalue weighted by Gasteiger charge is -2.34. The van der Waals surface area contributed by atoms with Crippen LogP contribution in [0.5, 0.6) is 0 Å². The van der Waals surface area contributed by atoms with E-state index in [9.17, 15) is 27.6 Å². The number of hydrogen-bond donors (Lipinski definition) is 3. The topological polar surface area (TPSA) is 122 Å². The minimum atomic E-state index is -4.47. The van der Waals surface area contributed by atoms with Gasteiger partial charge in [-0.25, -0.2) is 0 Å². The molecule has 2 amide bonds. The average Bonchev–Trinajstić information content (AvgIpc) is 3.21. The molecule has 1 aliphatic rings. The van der Waals surface area contributed by atoms with Crippen LogP contribution in [-0.2, 0) is 22.3 Å². The molecule has 3 rings (SSSR count). The first kappa shape index (κ1) is 23.8. The van der Waals surface area contributed by atoms with Crippen molar-refractivity contribution in [1.82, 2.24) is 25.3 Å². The predicted molar refractivity (Wildman–Crippen MR) is 111 cm³/mol. The Morgan fingerprint density at radius 1 is 1.30 bits per heavy atom. The zero-order valence-corrected chi connectivity index (χ0v) is 17.9. The summed E-state index contributed by atoms with van der Waals surface area (Å²) in [5.41, 5.74) is 5.13. The Bertz CT molecular complexity index is 1110. The van der Waals surface area contributed by atoms with Crippen molar-refractivity contribution < 1.29 is 27.6 Å². The third-order valence-corrected chi connectivity index (χ3v) is 5.13. The van der Waals surface area contributed by atoms with Gasteiger partial charge in [-0.15, -0.1) is 0 Å². The summed E-state index contributed by atoms with van der Waals surface area (Å²) in [6.07, 6.45) is -2.64. The highest BCUT2D eigenvalue weighted by atomic mass is 19.4. The zero-order valence-electron chi connectivity index (χ0n) is 17.9. The fraction of sp³-hybridized carbons (Fsp3) is 0.333. The Morgan fingerprint density at radius 3 is 2.67 bits per heavy atom. The number of nitrogens with zero attached hydrogens (tertiary/aromatic N) is 3. The van der Waals surface area contributed by atoms with Crippen LogP contribution in [0.1, 0.15) is 41.9 Å². The second kappa shape index (κ2) is 9.35. The van der Waals surface area contributed by atoms with Crippen LogP contribution in [0, 0.1) is 0 Å². The van der Waals surface area contributed by atoms with Gasteiger partial charge >= 0.3 is 6.18 Å². The van der Waals surface area contributed by atoms with Crippen LogP contribution >= 0.6 is 0 Å². The van der Waals surface area contributed by atoms with E-state index < -0.39 is 29.6 Å². The molecule has 0 saturated carbocycles. The number of benzene rings is 1. The maximum atomic E-state index is 12.9. The fourth-order valence-corrected chi connectivity index (χ4v) is 3.47. The third-order valence-electron chi connectivity index (χ3n) is 5.13. The molecule has 0 radical (unpaired) electrons. The number of Topliss-reactive ketones (excluding diaryl/α,β-unsaturated/α-hetero) is 1. The van der Waals surface area contributed by atoms with Crippen LogP contribution in [0.3, 0.4) is 0 Å². The number of ketones is 1. The van der Waals surface area contributed by atoms with E-state index in [2.05, 4.69) is 15.7 Å². The summed E-state index contributed by atoms with van der Waals surface area (Å²) in [4.78, 5) is 38.6. The van der Waals surface area contributed by atoms with Gasteiger partial charge in [0.05, 0.1) is 24.8 Å². The quantitative estimate of drug-likeness (QED) is 0.572.